The second kappa shape index (κ2) is 9.80. The van der Waals surface area contributed by atoms with Crippen molar-refractivity contribution in [1.82, 2.24) is 29.9 Å². The molecule has 5 aromatic rings. The van der Waals surface area contributed by atoms with E-state index in [-0.39, 0.29) is 6.04 Å². The first-order chi connectivity index (χ1) is 20.4. The zero-order chi connectivity index (χ0) is 29.2. The molecule has 2 aliphatic rings. The molecule has 0 radical (unpaired) electrons. The number of rotatable bonds is 5. The highest BCUT2D eigenvalue weighted by molar-refractivity contribution is 7.16. The third-order valence-corrected chi connectivity index (χ3v) is 10.1. The summed E-state index contributed by atoms with van der Waals surface area (Å²) in [5.41, 5.74) is 17.1. The number of hydrogen-bond donors (Lipinski definition) is 2. The van der Waals surface area contributed by atoms with Crippen LogP contribution >= 0.6 is 11.3 Å². The number of aromatic nitrogens is 6. The minimum absolute atomic E-state index is 0.0986. The van der Waals surface area contributed by atoms with Crippen molar-refractivity contribution in [1.29, 1.82) is 5.26 Å². The molecule has 0 unspecified atom stereocenters. The number of nitrogens with zero attached hydrogens (tertiary/aromatic N) is 8. The average molecular weight is 581 g/mol. The quantitative estimate of drug-likeness (QED) is 0.287. The Morgan fingerprint density at radius 2 is 2.05 bits per heavy atom. The molecule has 7 rings (SSSR count). The Labute approximate surface area is 247 Å². The van der Waals surface area contributed by atoms with E-state index >= 15 is 0 Å². The van der Waals surface area contributed by atoms with Gasteiger partial charge in [-0.25, -0.2) is 15.0 Å². The predicted molar refractivity (Wildman–Crippen MR) is 162 cm³/mol. The van der Waals surface area contributed by atoms with Gasteiger partial charge in [0.1, 0.15) is 22.7 Å². The van der Waals surface area contributed by atoms with Gasteiger partial charge >= 0.3 is 0 Å². The zero-order valence-electron chi connectivity index (χ0n) is 23.9. The van der Waals surface area contributed by atoms with E-state index in [1.165, 1.54) is 4.88 Å². The fourth-order valence-electron chi connectivity index (χ4n) is 7.11. The van der Waals surface area contributed by atoms with Crippen molar-refractivity contribution in [2.45, 2.75) is 63.8 Å². The number of fused-ring (bicyclic) bond motifs is 5. The summed E-state index contributed by atoms with van der Waals surface area (Å²) in [7, 11) is 1.88. The van der Waals surface area contributed by atoms with Crippen LogP contribution < -0.4 is 16.4 Å². The summed E-state index contributed by atoms with van der Waals surface area (Å²) in [4.78, 5) is 17.8. The van der Waals surface area contributed by atoms with E-state index in [9.17, 15) is 5.26 Å². The molecular weight excluding hydrogens is 548 g/mol. The van der Waals surface area contributed by atoms with Crippen LogP contribution in [0.1, 0.15) is 78.5 Å². The molecule has 0 aromatic carbocycles. The molecule has 12 heteroatoms. The molecule has 0 saturated heterocycles. The van der Waals surface area contributed by atoms with Gasteiger partial charge in [0.15, 0.2) is 22.9 Å². The van der Waals surface area contributed by atoms with Gasteiger partial charge < -0.3 is 20.9 Å². The van der Waals surface area contributed by atoms with Crippen LogP contribution in [0.5, 0.6) is 0 Å². The third-order valence-electron chi connectivity index (χ3n) is 9.04. The van der Waals surface area contributed by atoms with Gasteiger partial charge in [0.25, 0.3) is 0 Å². The largest absolute Gasteiger partial charge is 0.389 e. The Balaban J connectivity index is 1.39. The minimum Gasteiger partial charge on any atom is -0.389 e. The van der Waals surface area contributed by atoms with Crippen molar-refractivity contribution in [3.63, 3.8) is 0 Å². The molecule has 2 aliphatic carbocycles. The number of nitrogen functional groups attached to an aromatic ring is 2. The van der Waals surface area contributed by atoms with Crippen LogP contribution in [0.25, 0.3) is 22.6 Å². The summed E-state index contributed by atoms with van der Waals surface area (Å²) in [5.74, 6) is 2.57. The van der Waals surface area contributed by atoms with Crippen molar-refractivity contribution < 1.29 is 4.52 Å². The molecule has 0 saturated carbocycles. The van der Waals surface area contributed by atoms with Gasteiger partial charge in [-0.05, 0) is 64.0 Å². The summed E-state index contributed by atoms with van der Waals surface area (Å²) >= 11 is 1.54. The van der Waals surface area contributed by atoms with Gasteiger partial charge in [-0.3, -0.25) is 4.68 Å². The topological polar surface area (TPSA) is 162 Å². The molecule has 1 spiro atoms. The van der Waals surface area contributed by atoms with Crippen LogP contribution in [0.2, 0.25) is 0 Å². The number of nitrogens with two attached hydrogens (primary N) is 2. The zero-order valence-corrected chi connectivity index (χ0v) is 24.7. The SMILES string of the molecule is CCN(c1nc(-c2noc3c2CCC[C@@]32CCCc3sc(N)c(C#N)c32)nc2c1cnn2C)[C@H](C)c1cccnc1N. The molecule has 42 heavy (non-hydrogen) atoms. The summed E-state index contributed by atoms with van der Waals surface area (Å²) in [5, 5.41) is 20.6. The van der Waals surface area contributed by atoms with Crippen LogP contribution in [0.4, 0.5) is 16.6 Å². The second-order valence-electron chi connectivity index (χ2n) is 11.2. The lowest BCUT2D eigenvalue weighted by atomic mass is 9.63. The third kappa shape index (κ3) is 3.73. The number of hydrogen-bond acceptors (Lipinski definition) is 11. The first-order valence-electron chi connectivity index (χ1n) is 14.4. The standard InChI is InChI=1S/C30H32N10OS/c1-4-40(16(2)17-9-7-13-34-25(17)32)29-20-15-35-39(3)28(20)36-27(37-29)23-18-8-5-11-30(24(18)41-38-23)12-6-10-21-22(30)19(14-31)26(33)42-21/h7,9,13,15-16H,4-6,8,10-12,33H2,1-3H3,(H2,32,34)/t16-,30+/m1/s1. The highest BCUT2D eigenvalue weighted by Gasteiger charge is 2.48. The maximum atomic E-state index is 10.1. The monoisotopic (exact) mass is 580 g/mol. The summed E-state index contributed by atoms with van der Waals surface area (Å²) in [6.45, 7) is 4.87. The molecule has 214 valence electrons. The van der Waals surface area contributed by atoms with Crippen molar-refractivity contribution in [2.75, 3.05) is 22.9 Å². The molecule has 0 amide bonds. The maximum Gasteiger partial charge on any atom is 0.186 e. The van der Waals surface area contributed by atoms with Crippen LogP contribution in [-0.2, 0) is 25.3 Å². The fraction of sp³-hybridized carbons (Fsp3) is 0.400. The van der Waals surface area contributed by atoms with Crippen LogP contribution in [0.3, 0.4) is 0 Å². The first kappa shape index (κ1) is 26.4. The minimum atomic E-state index is -0.410. The maximum absolute atomic E-state index is 10.1. The van der Waals surface area contributed by atoms with E-state index in [0.29, 0.717) is 40.1 Å². The highest BCUT2D eigenvalue weighted by atomic mass is 32.1. The van der Waals surface area contributed by atoms with Gasteiger partial charge in [-0.2, -0.15) is 10.4 Å². The molecule has 0 fully saturated rings. The number of pyridine rings is 1. The number of aryl methyl sites for hydroxylation is 2. The Morgan fingerprint density at radius 1 is 1.24 bits per heavy atom. The van der Waals surface area contributed by atoms with Gasteiger partial charge in [-0.1, -0.05) is 11.2 Å². The number of anilines is 3. The highest BCUT2D eigenvalue weighted by Crippen LogP contribution is 2.55. The average Bonchev–Trinajstić information content (AvgIpc) is 3.69. The molecular formula is C30H32N10OS. The Bertz CT molecular complexity index is 1880. The smallest absolute Gasteiger partial charge is 0.186 e. The van der Waals surface area contributed by atoms with Gasteiger partial charge in [0.05, 0.1) is 28.6 Å². The number of thiophene rings is 1. The summed E-state index contributed by atoms with van der Waals surface area (Å²) in [6.07, 6.45) is 8.98. The summed E-state index contributed by atoms with van der Waals surface area (Å²) in [6, 6.07) is 6.19. The van der Waals surface area contributed by atoms with Crippen molar-refractivity contribution in [3.05, 3.63) is 57.4 Å². The van der Waals surface area contributed by atoms with Crippen LogP contribution in [0.15, 0.2) is 29.0 Å². The van der Waals surface area contributed by atoms with Crippen LogP contribution in [0, 0.1) is 11.3 Å². The van der Waals surface area contributed by atoms with Crippen molar-refractivity contribution in [2.24, 2.45) is 7.05 Å². The molecule has 4 N–H and O–H groups in total. The Morgan fingerprint density at radius 3 is 2.81 bits per heavy atom. The van der Waals surface area contributed by atoms with Gasteiger partial charge in [0.2, 0.25) is 0 Å². The molecule has 5 aromatic heterocycles. The normalized spacial score (nSPS) is 18.5. The lowest BCUT2D eigenvalue weighted by Gasteiger charge is -2.39. The molecule has 0 aliphatic heterocycles. The Hall–Kier alpha value is -4.50. The van der Waals surface area contributed by atoms with E-state index in [1.807, 2.05) is 19.2 Å². The molecule has 5 heterocycles. The van der Waals surface area contributed by atoms with Gasteiger partial charge in [0, 0.05) is 35.8 Å². The lowest BCUT2D eigenvalue weighted by molar-refractivity contribution is 0.265. The van der Waals surface area contributed by atoms with E-state index in [0.717, 1.165) is 72.2 Å². The van der Waals surface area contributed by atoms with Crippen molar-refractivity contribution in [3.8, 4) is 17.6 Å². The van der Waals surface area contributed by atoms with E-state index in [4.69, 9.17) is 26.0 Å². The lowest BCUT2D eigenvalue weighted by Crippen LogP contribution is -2.35. The Kier molecular flexibility index (Phi) is 6.16. The molecule has 0 bridgehead atoms. The first-order valence-corrected chi connectivity index (χ1v) is 15.2. The molecule has 11 nitrogen and oxygen atoms in total. The van der Waals surface area contributed by atoms with Gasteiger partial charge in [-0.15, -0.1) is 11.3 Å². The van der Waals surface area contributed by atoms with Crippen LogP contribution in [-0.4, -0.2) is 36.4 Å². The van der Waals surface area contributed by atoms with Crippen molar-refractivity contribution >= 4 is 39.0 Å². The number of nitriles is 1. The summed E-state index contributed by atoms with van der Waals surface area (Å²) < 4.78 is 8.01. The fourth-order valence-corrected chi connectivity index (χ4v) is 8.27. The van der Waals surface area contributed by atoms with E-state index in [1.54, 1.807) is 28.4 Å². The predicted octanol–water partition coefficient (Wildman–Crippen LogP) is 5.06. The molecule has 2 atom stereocenters. The van der Waals surface area contributed by atoms with E-state index in [2.05, 4.69) is 40.1 Å². The van der Waals surface area contributed by atoms with E-state index < -0.39 is 5.41 Å². The second-order valence-corrected chi connectivity index (χ2v) is 12.3.